The summed E-state index contributed by atoms with van der Waals surface area (Å²) in [7, 11) is 0. The van der Waals surface area contributed by atoms with Gasteiger partial charge >= 0.3 is 0 Å². The molecule has 1 saturated heterocycles. The topological polar surface area (TPSA) is 52.8 Å². The maximum atomic E-state index is 5.36. The molecule has 5 nitrogen and oxygen atoms in total. The fraction of sp³-hybridized carbons (Fsp3) is 0.500. The van der Waals surface area contributed by atoms with E-state index in [0.717, 1.165) is 24.8 Å². The largest absolute Gasteiger partial charge is 0.467 e. The predicted molar refractivity (Wildman–Crippen MR) is 115 cm³/mol. The molecule has 0 aliphatic carbocycles. The highest BCUT2D eigenvalue weighted by molar-refractivity contribution is 14.0. The molecule has 7 heteroatoms. The molecule has 0 bridgehead atoms. The molecule has 0 spiro atoms. The van der Waals surface area contributed by atoms with Gasteiger partial charge in [0.05, 0.1) is 12.3 Å². The van der Waals surface area contributed by atoms with Crippen molar-refractivity contribution in [2.75, 3.05) is 26.2 Å². The lowest BCUT2D eigenvalue weighted by atomic mass is 10.2. The van der Waals surface area contributed by atoms with Gasteiger partial charge < -0.3 is 15.1 Å². The van der Waals surface area contributed by atoms with Crippen molar-refractivity contribution in [1.82, 2.24) is 15.5 Å². The van der Waals surface area contributed by atoms with Crippen LogP contribution in [0.2, 0.25) is 0 Å². The second kappa shape index (κ2) is 10.8. The minimum Gasteiger partial charge on any atom is -0.467 e. The van der Waals surface area contributed by atoms with Crippen molar-refractivity contribution in [2.24, 2.45) is 4.99 Å². The van der Waals surface area contributed by atoms with Gasteiger partial charge in [-0.2, -0.15) is 0 Å². The number of rotatable bonds is 7. The Hall–Kier alpha value is -1.06. The number of halogens is 1. The van der Waals surface area contributed by atoms with Crippen molar-refractivity contribution < 1.29 is 4.42 Å². The van der Waals surface area contributed by atoms with Crippen LogP contribution in [0.15, 0.2) is 45.3 Å². The zero-order valence-corrected chi connectivity index (χ0v) is 17.8. The molecular weight excluding hydrogens is 447 g/mol. The second-order valence-corrected chi connectivity index (χ2v) is 6.91. The molecule has 0 saturated carbocycles. The number of aliphatic imine (C=N–C) groups is 1. The summed E-state index contributed by atoms with van der Waals surface area (Å²) in [5.41, 5.74) is 0. The van der Waals surface area contributed by atoms with Crippen molar-refractivity contribution in [3.8, 4) is 0 Å². The van der Waals surface area contributed by atoms with Crippen LogP contribution < -0.4 is 10.6 Å². The number of likely N-dealkylation sites (tertiary alicyclic amines) is 1. The molecule has 138 valence electrons. The lowest BCUT2D eigenvalue weighted by molar-refractivity contribution is 0.249. The molecule has 1 aliphatic heterocycles. The van der Waals surface area contributed by atoms with Gasteiger partial charge in [0.15, 0.2) is 5.96 Å². The van der Waals surface area contributed by atoms with E-state index in [-0.39, 0.29) is 24.0 Å². The van der Waals surface area contributed by atoms with Gasteiger partial charge in [0.25, 0.3) is 0 Å². The Morgan fingerprint density at radius 1 is 1.28 bits per heavy atom. The van der Waals surface area contributed by atoms with E-state index in [9.17, 15) is 0 Å². The maximum absolute atomic E-state index is 5.36. The summed E-state index contributed by atoms with van der Waals surface area (Å²) in [6, 6.07) is 8.64. The highest BCUT2D eigenvalue weighted by Gasteiger charge is 2.24. The van der Waals surface area contributed by atoms with Crippen LogP contribution in [0.4, 0.5) is 0 Å². The number of nitrogens with one attached hydrogen (secondary N) is 2. The number of thiophene rings is 1. The van der Waals surface area contributed by atoms with Crippen LogP contribution >= 0.6 is 35.3 Å². The van der Waals surface area contributed by atoms with E-state index < -0.39 is 0 Å². The zero-order valence-electron chi connectivity index (χ0n) is 14.6. The third-order valence-corrected chi connectivity index (χ3v) is 5.21. The predicted octanol–water partition coefficient (Wildman–Crippen LogP) is 3.85. The van der Waals surface area contributed by atoms with E-state index in [1.54, 1.807) is 6.26 Å². The minimum absolute atomic E-state index is 0. The van der Waals surface area contributed by atoms with Gasteiger partial charge in [0, 0.05) is 18.0 Å². The molecule has 1 fully saturated rings. The standard InChI is InChI=1S/C18H26N4OS.HI/c1-2-19-18(20-13-15-7-5-11-23-15)21-14-16(17-8-6-12-24-17)22-9-3-4-10-22;/h5-8,11-12,16H,2-4,9-10,13-14H2,1H3,(H2,19,20,21);1H. The van der Waals surface area contributed by atoms with Crippen LogP contribution in [0.25, 0.3) is 0 Å². The monoisotopic (exact) mass is 474 g/mol. The first kappa shape index (κ1) is 20.3. The second-order valence-electron chi connectivity index (χ2n) is 5.93. The summed E-state index contributed by atoms with van der Waals surface area (Å²) >= 11 is 1.84. The van der Waals surface area contributed by atoms with E-state index >= 15 is 0 Å². The molecule has 0 amide bonds. The molecule has 0 radical (unpaired) electrons. The number of guanidine groups is 1. The molecule has 1 aliphatic rings. The third-order valence-electron chi connectivity index (χ3n) is 4.23. The maximum Gasteiger partial charge on any atom is 0.191 e. The third kappa shape index (κ3) is 6.00. The quantitative estimate of drug-likeness (QED) is 0.364. The first-order chi connectivity index (χ1) is 11.9. The van der Waals surface area contributed by atoms with E-state index in [1.165, 1.54) is 30.8 Å². The van der Waals surface area contributed by atoms with E-state index in [4.69, 9.17) is 4.42 Å². The summed E-state index contributed by atoms with van der Waals surface area (Å²) in [5, 5.41) is 8.99. The van der Waals surface area contributed by atoms with Gasteiger partial charge in [-0.25, -0.2) is 4.99 Å². The molecule has 3 heterocycles. The molecule has 25 heavy (non-hydrogen) atoms. The van der Waals surface area contributed by atoms with Gasteiger partial charge in [0.1, 0.15) is 12.3 Å². The normalized spacial score (nSPS) is 16.4. The number of furan rings is 1. The zero-order chi connectivity index (χ0) is 16.6. The lowest BCUT2D eigenvalue weighted by Gasteiger charge is -2.27. The van der Waals surface area contributed by atoms with Crippen LogP contribution in [0.5, 0.6) is 0 Å². The number of hydrogen-bond acceptors (Lipinski definition) is 4. The first-order valence-electron chi connectivity index (χ1n) is 8.69. The summed E-state index contributed by atoms with van der Waals surface area (Å²) in [6.07, 6.45) is 4.29. The fourth-order valence-electron chi connectivity index (χ4n) is 3.04. The van der Waals surface area contributed by atoms with Crippen LogP contribution in [0, 0.1) is 0 Å². The summed E-state index contributed by atoms with van der Waals surface area (Å²) in [4.78, 5) is 8.62. The molecule has 2 aromatic rings. The highest BCUT2D eigenvalue weighted by atomic mass is 127. The van der Waals surface area contributed by atoms with E-state index in [0.29, 0.717) is 12.6 Å². The van der Waals surface area contributed by atoms with Crippen molar-refractivity contribution >= 4 is 41.3 Å². The Labute approximate surface area is 170 Å². The Balaban J connectivity index is 0.00000225. The number of hydrogen-bond donors (Lipinski definition) is 2. The molecule has 2 N–H and O–H groups in total. The Morgan fingerprint density at radius 3 is 2.76 bits per heavy atom. The van der Waals surface area contributed by atoms with Gasteiger partial charge in [0.2, 0.25) is 0 Å². The highest BCUT2D eigenvalue weighted by Crippen LogP contribution is 2.27. The van der Waals surface area contributed by atoms with E-state index in [2.05, 4.69) is 45.0 Å². The summed E-state index contributed by atoms with van der Waals surface area (Å²) in [6.45, 7) is 6.72. The summed E-state index contributed by atoms with van der Waals surface area (Å²) < 4.78 is 5.36. The van der Waals surface area contributed by atoms with Crippen LogP contribution in [-0.4, -0.2) is 37.0 Å². The van der Waals surface area contributed by atoms with Gasteiger partial charge in [-0.05, 0) is 56.4 Å². The SMILES string of the molecule is CCNC(=NCc1ccco1)NCC(c1cccs1)N1CCCC1.I. The molecule has 1 atom stereocenters. The van der Waals surface area contributed by atoms with Crippen molar-refractivity contribution in [3.05, 3.63) is 46.5 Å². The molecule has 3 rings (SSSR count). The lowest BCUT2D eigenvalue weighted by Crippen LogP contribution is -2.42. The minimum atomic E-state index is 0. The van der Waals surface area contributed by atoms with E-state index in [1.807, 2.05) is 23.5 Å². The first-order valence-corrected chi connectivity index (χ1v) is 9.57. The molecular formula is C18H27IN4OS. The molecule has 1 unspecified atom stereocenters. The Kier molecular flexibility index (Phi) is 8.77. The van der Waals surface area contributed by atoms with Crippen LogP contribution in [0.1, 0.15) is 36.4 Å². The average Bonchev–Trinajstić information content (AvgIpc) is 3.35. The van der Waals surface area contributed by atoms with Gasteiger partial charge in [-0.3, -0.25) is 4.90 Å². The van der Waals surface area contributed by atoms with Crippen LogP contribution in [-0.2, 0) is 6.54 Å². The molecule has 0 aromatic carbocycles. The smallest absolute Gasteiger partial charge is 0.191 e. The Bertz CT molecular complexity index is 609. The Morgan fingerprint density at radius 2 is 2.12 bits per heavy atom. The average molecular weight is 474 g/mol. The fourth-order valence-corrected chi connectivity index (χ4v) is 3.90. The van der Waals surface area contributed by atoms with Crippen LogP contribution in [0.3, 0.4) is 0 Å². The van der Waals surface area contributed by atoms with Gasteiger partial charge in [-0.15, -0.1) is 35.3 Å². The number of nitrogens with zero attached hydrogens (tertiary/aromatic N) is 2. The van der Waals surface area contributed by atoms with Crippen molar-refractivity contribution in [3.63, 3.8) is 0 Å². The molecule has 2 aromatic heterocycles. The van der Waals surface area contributed by atoms with Crippen molar-refractivity contribution in [2.45, 2.75) is 32.4 Å². The summed E-state index contributed by atoms with van der Waals surface area (Å²) in [5.74, 6) is 1.72. The van der Waals surface area contributed by atoms with Gasteiger partial charge in [-0.1, -0.05) is 6.07 Å². The van der Waals surface area contributed by atoms with Crippen molar-refractivity contribution in [1.29, 1.82) is 0 Å².